The lowest BCUT2D eigenvalue weighted by Crippen LogP contribution is -2.41. The summed E-state index contributed by atoms with van der Waals surface area (Å²) in [7, 11) is -3.63. The largest absolute Gasteiger partial charge is 0.455 e. The predicted octanol–water partition coefficient (Wildman–Crippen LogP) is 2.78. The van der Waals surface area contributed by atoms with Gasteiger partial charge in [0.05, 0.1) is 12.0 Å². The monoisotopic (exact) mass is 485 g/mol. The molecule has 1 aromatic heterocycles. The number of ether oxygens (including phenoxy) is 1. The smallest absolute Gasteiger partial charge is 0.309 e. The molecule has 1 N–H and O–H groups in total. The molecule has 0 saturated carbocycles. The summed E-state index contributed by atoms with van der Waals surface area (Å²) in [6, 6.07) is 9.26. The summed E-state index contributed by atoms with van der Waals surface area (Å²) in [6.07, 6.45) is 8.15. The lowest BCUT2D eigenvalue weighted by atomic mass is 9.89. The summed E-state index contributed by atoms with van der Waals surface area (Å²) in [4.78, 5) is 28.8. The maximum atomic E-state index is 12.7. The van der Waals surface area contributed by atoms with Crippen molar-refractivity contribution in [2.75, 3.05) is 19.7 Å². The van der Waals surface area contributed by atoms with Gasteiger partial charge in [0, 0.05) is 25.5 Å². The number of rotatable bonds is 7. The molecule has 2 aliphatic rings. The Morgan fingerprint density at radius 1 is 1.15 bits per heavy atom. The van der Waals surface area contributed by atoms with E-state index in [1.807, 2.05) is 6.92 Å². The maximum Gasteiger partial charge on any atom is 0.309 e. The minimum atomic E-state index is -3.63. The third-order valence-electron chi connectivity index (χ3n) is 6.66. The number of sulfonamides is 1. The van der Waals surface area contributed by atoms with Gasteiger partial charge in [-0.3, -0.25) is 14.6 Å². The van der Waals surface area contributed by atoms with Crippen molar-refractivity contribution >= 4 is 21.9 Å². The molecule has 1 unspecified atom stereocenters. The van der Waals surface area contributed by atoms with E-state index < -0.39 is 21.9 Å². The van der Waals surface area contributed by atoms with E-state index in [0.717, 1.165) is 18.4 Å². The second kappa shape index (κ2) is 10.7. The van der Waals surface area contributed by atoms with E-state index in [2.05, 4.69) is 28.5 Å². The molecule has 0 spiro atoms. The third kappa shape index (κ3) is 5.64. The first-order valence-corrected chi connectivity index (χ1v) is 13.3. The fourth-order valence-electron chi connectivity index (χ4n) is 4.62. The Bertz CT molecular complexity index is 1130. The molecule has 2 heterocycles. The highest BCUT2D eigenvalue weighted by molar-refractivity contribution is 7.89. The van der Waals surface area contributed by atoms with Crippen LogP contribution in [0, 0.1) is 5.92 Å². The number of carbonyl (C=O) groups excluding carboxylic acids is 2. The van der Waals surface area contributed by atoms with Gasteiger partial charge in [0.2, 0.25) is 10.0 Å². The summed E-state index contributed by atoms with van der Waals surface area (Å²) >= 11 is 0. The van der Waals surface area contributed by atoms with Crippen LogP contribution >= 0.6 is 0 Å². The number of nitrogens with zero attached hydrogens (tertiary/aromatic N) is 2. The lowest BCUT2D eigenvalue weighted by molar-refractivity contribution is -0.153. The number of amides is 1. The first kappa shape index (κ1) is 24.3. The van der Waals surface area contributed by atoms with Crippen molar-refractivity contribution in [1.82, 2.24) is 14.6 Å². The zero-order valence-electron chi connectivity index (χ0n) is 19.4. The highest BCUT2D eigenvalue weighted by Crippen LogP contribution is 2.26. The van der Waals surface area contributed by atoms with Crippen molar-refractivity contribution < 1.29 is 22.7 Å². The molecule has 1 amide bonds. The van der Waals surface area contributed by atoms with Gasteiger partial charge in [-0.2, -0.15) is 4.31 Å². The summed E-state index contributed by atoms with van der Waals surface area (Å²) in [5.74, 6) is -1.24. The highest BCUT2D eigenvalue weighted by Gasteiger charge is 2.33. The molecule has 1 aliphatic carbocycles. The number of hydrogen-bond donors (Lipinski definition) is 1. The molecular weight excluding hydrogens is 454 g/mol. The number of aromatic nitrogens is 1. The van der Waals surface area contributed by atoms with Crippen LogP contribution < -0.4 is 5.32 Å². The molecule has 34 heavy (non-hydrogen) atoms. The molecule has 2 aromatic rings. The maximum absolute atomic E-state index is 12.7. The minimum Gasteiger partial charge on any atom is -0.455 e. The molecule has 9 heteroatoms. The van der Waals surface area contributed by atoms with Crippen LogP contribution in [-0.4, -0.2) is 49.3 Å². The summed E-state index contributed by atoms with van der Waals surface area (Å²) in [6.45, 7) is 2.02. The Balaban J connectivity index is 1.23. The number of pyridine rings is 1. The molecule has 1 aromatic carbocycles. The van der Waals surface area contributed by atoms with Crippen LogP contribution in [-0.2, 0) is 37.2 Å². The Morgan fingerprint density at radius 3 is 2.59 bits per heavy atom. The molecule has 8 nitrogen and oxygen atoms in total. The van der Waals surface area contributed by atoms with E-state index in [-0.39, 0.29) is 36.5 Å². The molecule has 0 bridgehead atoms. The van der Waals surface area contributed by atoms with Gasteiger partial charge in [0.1, 0.15) is 4.90 Å². The van der Waals surface area contributed by atoms with E-state index in [0.29, 0.717) is 12.8 Å². The fraction of sp³-hybridized carbons (Fsp3) is 0.480. The van der Waals surface area contributed by atoms with Crippen molar-refractivity contribution in [3.05, 3.63) is 59.4 Å². The van der Waals surface area contributed by atoms with Gasteiger partial charge in [0.15, 0.2) is 6.61 Å². The number of hydrogen-bond acceptors (Lipinski definition) is 6. The third-order valence-corrected chi connectivity index (χ3v) is 8.54. The Labute approximate surface area is 200 Å². The van der Waals surface area contributed by atoms with Crippen molar-refractivity contribution in [2.24, 2.45) is 5.92 Å². The van der Waals surface area contributed by atoms with Gasteiger partial charge in [-0.25, -0.2) is 8.42 Å². The van der Waals surface area contributed by atoms with E-state index in [9.17, 15) is 18.0 Å². The topological polar surface area (TPSA) is 106 Å². The van der Waals surface area contributed by atoms with Gasteiger partial charge >= 0.3 is 5.97 Å². The molecule has 182 valence electrons. The average molecular weight is 486 g/mol. The van der Waals surface area contributed by atoms with Crippen LogP contribution in [0.15, 0.2) is 47.6 Å². The number of piperidine rings is 1. The van der Waals surface area contributed by atoms with Gasteiger partial charge < -0.3 is 10.1 Å². The van der Waals surface area contributed by atoms with Crippen molar-refractivity contribution in [2.45, 2.75) is 56.4 Å². The second-order valence-electron chi connectivity index (χ2n) is 9.00. The summed E-state index contributed by atoms with van der Waals surface area (Å²) in [5.41, 5.74) is 3.79. The van der Waals surface area contributed by atoms with Crippen LogP contribution in [0.4, 0.5) is 0 Å². The number of carbonyl (C=O) groups is 2. The standard InChI is InChI=1S/C25H31N3O5S/c1-18(21-9-8-19-5-2-3-6-22(19)15-21)27-24(29)17-33-25(30)20-10-13-28(14-11-20)34(31,32)23-7-4-12-26-16-23/h4,7-9,12,15-16,18,20H,2-3,5-6,10-11,13-14,17H2,1H3,(H,27,29). The highest BCUT2D eigenvalue weighted by atomic mass is 32.2. The van der Waals surface area contributed by atoms with Gasteiger partial charge in [-0.15, -0.1) is 0 Å². The summed E-state index contributed by atoms with van der Waals surface area (Å²) < 4.78 is 32.0. The van der Waals surface area contributed by atoms with E-state index in [1.54, 1.807) is 6.07 Å². The van der Waals surface area contributed by atoms with Crippen LogP contribution in [0.2, 0.25) is 0 Å². The van der Waals surface area contributed by atoms with Gasteiger partial charge in [-0.05, 0) is 74.3 Å². The van der Waals surface area contributed by atoms with Crippen LogP contribution in [0.5, 0.6) is 0 Å². The average Bonchev–Trinajstić information content (AvgIpc) is 2.87. The lowest BCUT2D eigenvalue weighted by Gasteiger charge is -2.30. The molecule has 1 atom stereocenters. The normalized spacial score (nSPS) is 18.0. The van der Waals surface area contributed by atoms with Crippen LogP contribution in [0.1, 0.15) is 55.3 Å². The Kier molecular flexibility index (Phi) is 7.63. The molecule has 1 fully saturated rings. The van der Waals surface area contributed by atoms with E-state index in [4.69, 9.17) is 4.74 Å². The SMILES string of the molecule is CC(NC(=O)COC(=O)C1CCN(S(=O)(=O)c2cccnc2)CC1)c1ccc2c(c1)CCCC2. The number of aryl methyl sites for hydroxylation is 2. The first-order valence-electron chi connectivity index (χ1n) is 11.8. The Morgan fingerprint density at radius 2 is 1.88 bits per heavy atom. The summed E-state index contributed by atoms with van der Waals surface area (Å²) in [5, 5.41) is 2.90. The van der Waals surface area contributed by atoms with Crippen molar-refractivity contribution in [1.29, 1.82) is 0 Å². The predicted molar refractivity (Wildman–Crippen MR) is 126 cm³/mol. The molecule has 0 radical (unpaired) electrons. The first-order chi connectivity index (χ1) is 16.3. The molecule has 4 rings (SSSR count). The van der Waals surface area contributed by atoms with Crippen LogP contribution in [0.25, 0.3) is 0 Å². The number of fused-ring (bicyclic) bond motifs is 1. The fourth-order valence-corrected chi connectivity index (χ4v) is 6.06. The minimum absolute atomic E-state index is 0.140. The van der Waals surface area contributed by atoms with Crippen molar-refractivity contribution in [3.63, 3.8) is 0 Å². The molecular formula is C25H31N3O5S. The Hall–Kier alpha value is -2.78. The number of esters is 1. The number of nitrogens with one attached hydrogen (secondary N) is 1. The number of benzene rings is 1. The molecule has 1 saturated heterocycles. The quantitative estimate of drug-likeness (QED) is 0.605. The van der Waals surface area contributed by atoms with Crippen LogP contribution in [0.3, 0.4) is 0 Å². The van der Waals surface area contributed by atoms with Crippen molar-refractivity contribution in [3.8, 4) is 0 Å². The van der Waals surface area contributed by atoms with E-state index in [1.165, 1.54) is 46.7 Å². The van der Waals surface area contributed by atoms with Gasteiger partial charge in [-0.1, -0.05) is 18.2 Å². The van der Waals surface area contributed by atoms with Gasteiger partial charge in [0.25, 0.3) is 5.91 Å². The second-order valence-corrected chi connectivity index (χ2v) is 10.9. The van der Waals surface area contributed by atoms with E-state index >= 15 is 0 Å². The zero-order valence-corrected chi connectivity index (χ0v) is 20.2. The zero-order chi connectivity index (χ0) is 24.1. The molecule has 1 aliphatic heterocycles.